The Morgan fingerprint density at radius 3 is 2.62 bits per heavy atom. The Morgan fingerprint density at radius 2 is 1.93 bits per heavy atom. The minimum Gasteiger partial charge on any atom is -0.378 e. The van der Waals surface area contributed by atoms with E-state index in [1.807, 2.05) is 50.4 Å². The molecule has 0 saturated carbocycles. The van der Waals surface area contributed by atoms with Crippen molar-refractivity contribution in [1.29, 1.82) is 0 Å². The van der Waals surface area contributed by atoms with Crippen LogP contribution >= 0.6 is 0 Å². The van der Waals surface area contributed by atoms with Crippen LogP contribution in [0.5, 0.6) is 0 Å². The number of hydrogen-bond acceptors (Lipinski definition) is 6. The number of ether oxygens (including phenoxy) is 1. The van der Waals surface area contributed by atoms with Gasteiger partial charge in [-0.25, -0.2) is 14.6 Å². The van der Waals surface area contributed by atoms with Gasteiger partial charge in [0.2, 0.25) is 0 Å². The Balaban J connectivity index is 1.53. The number of benzene rings is 1. The van der Waals surface area contributed by atoms with Crippen LogP contribution in [0.25, 0.3) is 5.69 Å². The fourth-order valence-corrected chi connectivity index (χ4v) is 3.43. The Morgan fingerprint density at radius 1 is 1.17 bits per heavy atom. The van der Waals surface area contributed by atoms with Crippen LogP contribution < -0.4 is 4.90 Å². The third-order valence-corrected chi connectivity index (χ3v) is 5.29. The molecule has 8 nitrogen and oxygen atoms in total. The Labute approximate surface area is 169 Å². The molecule has 3 aromatic rings. The van der Waals surface area contributed by atoms with Crippen LogP contribution in [-0.2, 0) is 4.74 Å². The molecule has 1 saturated heterocycles. The van der Waals surface area contributed by atoms with Gasteiger partial charge >= 0.3 is 0 Å². The highest BCUT2D eigenvalue weighted by molar-refractivity contribution is 5.99. The van der Waals surface area contributed by atoms with Gasteiger partial charge in [0, 0.05) is 26.3 Å². The molecule has 0 bridgehead atoms. The molecule has 0 aliphatic carbocycles. The second-order valence-corrected chi connectivity index (χ2v) is 7.00. The summed E-state index contributed by atoms with van der Waals surface area (Å²) in [4.78, 5) is 25.6. The van der Waals surface area contributed by atoms with E-state index in [0.717, 1.165) is 30.2 Å². The van der Waals surface area contributed by atoms with Gasteiger partial charge in [0.05, 0.1) is 30.5 Å². The number of pyridine rings is 1. The van der Waals surface area contributed by atoms with Crippen molar-refractivity contribution in [2.24, 2.45) is 0 Å². The van der Waals surface area contributed by atoms with E-state index < -0.39 is 0 Å². The lowest BCUT2D eigenvalue weighted by atomic mass is 10.1. The van der Waals surface area contributed by atoms with Crippen molar-refractivity contribution >= 4 is 11.7 Å². The molecule has 1 unspecified atom stereocenters. The number of carbonyl (C=O) groups is 1. The molecule has 29 heavy (non-hydrogen) atoms. The molecule has 1 fully saturated rings. The van der Waals surface area contributed by atoms with Crippen LogP contribution in [0.2, 0.25) is 0 Å². The van der Waals surface area contributed by atoms with Crippen LogP contribution in [0.1, 0.15) is 28.9 Å². The molecule has 1 atom stereocenters. The van der Waals surface area contributed by atoms with E-state index in [1.165, 1.54) is 6.33 Å². The highest BCUT2D eigenvalue weighted by atomic mass is 16.5. The monoisotopic (exact) mass is 392 g/mol. The molecule has 2 aromatic heterocycles. The molecule has 0 spiro atoms. The number of amides is 1. The van der Waals surface area contributed by atoms with Crippen molar-refractivity contribution in [1.82, 2.24) is 24.6 Å². The fraction of sp³-hybridized carbons (Fsp3) is 0.333. The molecular formula is C21H24N6O2. The smallest absolute Gasteiger partial charge is 0.257 e. The van der Waals surface area contributed by atoms with Gasteiger partial charge in [-0.15, -0.1) is 0 Å². The van der Waals surface area contributed by atoms with Gasteiger partial charge in [0.25, 0.3) is 5.91 Å². The summed E-state index contributed by atoms with van der Waals surface area (Å²) in [6.45, 7) is 4.79. The van der Waals surface area contributed by atoms with Crippen molar-refractivity contribution in [3.8, 4) is 5.69 Å². The highest BCUT2D eigenvalue weighted by Gasteiger charge is 2.25. The molecular weight excluding hydrogens is 368 g/mol. The Bertz CT molecular complexity index is 952. The van der Waals surface area contributed by atoms with Crippen molar-refractivity contribution in [3.05, 3.63) is 66.4 Å². The quantitative estimate of drug-likeness (QED) is 0.663. The van der Waals surface area contributed by atoms with E-state index in [1.54, 1.807) is 22.1 Å². The summed E-state index contributed by atoms with van der Waals surface area (Å²) in [6, 6.07) is 11.5. The zero-order chi connectivity index (χ0) is 20.2. The minimum absolute atomic E-state index is 0.0487. The predicted molar refractivity (Wildman–Crippen MR) is 109 cm³/mol. The SMILES string of the molecule is CC(c1ccc(-n2cncn2)cc1)N(C)C(=O)c1cccnc1N1CCOCC1. The largest absolute Gasteiger partial charge is 0.378 e. The second kappa shape index (κ2) is 8.40. The summed E-state index contributed by atoms with van der Waals surface area (Å²) in [6.07, 6.45) is 4.89. The average Bonchev–Trinajstić information content (AvgIpc) is 3.33. The van der Waals surface area contributed by atoms with Gasteiger partial charge < -0.3 is 14.5 Å². The molecule has 0 N–H and O–H groups in total. The number of rotatable bonds is 5. The maximum absolute atomic E-state index is 13.3. The molecule has 150 valence electrons. The fourth-order valence-electron chi connectivity index (χ4n) is 3.43. The van der Waals surface area contributed by atoms with Crippen LogP contribution in [-0.4, -0.2) is 63.9 Å². The van der Waals surface area contributed by atoms with Gasteiger partial charge in [0.1, 0.15) is 18.5 Å². The van der Waals surface area contributed by atoms with Crippen LogP contribution in [0.15, 0.2) is 55.2 Å². The van der Waals surface area contributed by atoms with E-state index in [9.17, 15) is 4.79 Å². The van der Waals surface area contributed by atoms with Crippen LogP contribution in [0, 0.1) is 0 Å². The molecule has 1 amide bonds. The standard InChI is InChI=1S/C21H24N6O2/c1-16(17-5-7-18(8-6-17)27-15-22-14-24-27)25(2)21(28)19-4-3-9-23-20(19)26-10-12-29-13-11-26/h3-9,14-16H,10-13H2,1-2H3. The normalized spacial score (nSPS) is 15.2. The third kappa shape index (κ3) is 3.97. The molecule has 1 aromatic carbocycles. The van der Waals surface area contributed by atoms with Gasteiger partial charge in [-0.1, -0.05) is 12.1 Å². The first-order chi connectivity index (χ1) is 14.1. The third-order valence-electron chi connectivity index (χ3n) is 5.29. The summed E-state index contributed by atoms with van der Waals surface area (Å²) in [7, 11) is 1.83. The summed E-state index contributed by atoms with van der Waals surface area (Å²) in [5.41, 5.74) is 2.58. The van der Waals surface area contributed by atoms with E-state index >= 15 is 0 Å². The first kappa shape index (κ1) is 19.1. The maximum Gasteiger partial charge on any atom is 0.257 e. The summed E-state index contributed by atoms with van der Waals surface area (Å²) >= 11 is 0. The van der Waals surface area contributed by atoms with Gasteiger partial charge in [-0.05, 0) is 36.8 Å². The van der Waals surface area contributed by atoms with E-state index in [-0.39, 0.29) is 11.9 Å². The van der Waals surface area contributed by atoms with Gasteiger partial charge in [0.15, 0.2) is 0 Å². The number of anilines is 1. The second-order valence-electron chi connectivity index (χ2n) is 7.00. The Hall–Kier alpha value is -3.26. The first-order valence-electron chi connectivity index (χ1n) is 9.65. The van der Waals surface area contributed by atoms with Crippen molar-refractivity contribution < 1.29 is 9.53 Å². The van der Waals surface area contributed by atoms with Gasteiger partial charge in [-0.2, -0.15) is 5.10 Å². The van der Waals surface area contributed by atoms with E-state index in [2.05, 4.69) is 20.0 Å². The number of carbonyl (C=O) groups excluding carboxylic acids is 1. The molecule has 1 aliphatic heterocycles. The molecule has 8 heteroatoms. The van der Waals surface area contributed by atoms with E-state index in [4.69, 9.17) is 4.74 Å². The lowest BCUT2D eigenvalue weighted by Crippen LogP contribution is -2.39. The summed E-state index contributed by atoms with van der Waals surface area (Å²) < 4.78 is 7.13. The number of aromatic nitrogens is 4. The molecule has 0 radical (unpaired) electrons. The molecule has 3 heterocycles. The van der Waals surface area contributed by atoms with Crippen molar-refractivity contribution in [3.63, 3.8) is 0 Å². The van der Waals surface area contributed by atoms with Gasteiger partial charge in [-0.3, -0.25) is 4.79 Å². The summed E-state index contributed by atoms with van der Waals surface area (Å²) in [5, 5.41) is 4.14. The topological polar surface area (TPSA) is 76.4 Å². The van der Waals surface area contributed by atoms with Crippen LogP contribution in [0.3, 0.4) is 0 Å². The van der Waals surface area contributed by atoms with E-state index in [0.29, 0.717) is 18.8 Å². The number of morpholine rings is 1. The molecule has 1 aliphatic rings. The lowest BCUT2D eigenvalue weighted by Gasteiger charge is -2.31. The molecule has 4 rings (SSSR count). The number of hydrogen-bond donors (Lipinski definition) is 0. The van der Waals surface area contributed by atoms with Crippen molar-refractivity contribution in [2.45, 2.75) is 13.0 Å². The summed E-state index contributed by atoms with van der Waals surface area (Å²) in [5.74, 6) is 0.675. The first-order valence-corrected chi connectivity index (χ1v) is 9.65. The zero-order valence-electron chi connectivity index (χ0n) is 16.6. The lowest BCUT2D eigenvalue weighted by molar-refractivity contribution is 0.0741. The minimum atomic E-state index is -0.0926. The zero-order valence-corrected chi connectivity index (χ0v) is 16.6. The van der Waals surface area contributed by atoms with Crippen molar-refractivity contribution in [2.75, 3.05) is 38.3 Å². The maximum atomic E-state index is 13.3. The average molecular weight is 392 g/mol. The Kier molecular flexibility index (Phi) is 5.53. The highest BCUT2D eigenvalue weighted by Crippen LogP contribution is 2.25. The van der Waals surface area contributed by atoms with Crippen LogP contribution in [0.4, 0.5) is 5.82 Å². The predicted octanol–water partition coefficient (Wildman–Crippen LogP) is 2.33. The number of nitrogens with zero attached hydrogens (tertiary/aromatic N) is 6.